The van der Waals surface area contributed by atoms with Crippen LogP contribution in [0, 0.1) is 0 Å². The third-order valence-corrected chi connectivity index (χ3v) is 3.45. The molecular weight excluding hydrogens is 316 g/mol. The van der Waals surface area contributed by atoms with E-state index >= 15 is 0 Å². The van der Waals surface area contributed by atoms with Crippen molar-refractivity contribution in [3.8, 4) is 0 Å². The molecule has 0 radical (unpaired) electrons. The van der Waals surface area contributed by atoms with Gasteiger partial charge in [0.2, 0.25) is 0 Å². The van der Waals surface area contributed by atoms with Crippen LogP contribution in [-0.2, 0) is 11.3 Å². The van der Waals surface area contributed by atoms with E-state index in [1.165, 1.54) is 19.2 Å². The fourth-order valence-electron chi connectivity index (χ4n) is 1.83. The van der Waals surface area contributed by atoms with E-state index in [2.05, 4.69) is 25.7 Å². The van der Waals surface area contributed by atoms with Crippen LogP contribution >= 0.6 is 15.9 Å². The second kappa shape index (κ2) is 5.00. The molecule has 7 heteroatoms. The molecule has 0 unspecified atom stereocenters. The van der Waals surface area contributed by atoms with Gasteiger partial charge in [0.25, 0.3) is 5.56 Å². The Kier molecular flexibility index (Phi) is 3.57. The number of aromatic amines is 1. The number of aromatic nitrogens is 2. The fourth-order valence-corrected chi connectivity index (χ4v) is 2.33. The van der Waals surface area contributed by atoms with E-state index in [1.807, 2.05) is 0 Å². The van der Waals surface area contributed by atoms with Crippen LogP contribution in [0.15, 0.2) is 26.2 Å². The highest BCUT2D eigenvalue weighted by atomic mass is 79.9. The number of esters is 1. The van der Waals surface area contributed by atoms with Crippen LogP contribution in [0.3, 0.4) is 0 Å². The van der Waals surface area contributed by atoms with Gasteiger partial charge in [-0.2, -0.15) is 0 Å². The van der Waals surface area contributed by atoms with Gasteiger partial charge in [0.05, 0.1) is 23.6 Å². The molecule has 1 heterocycles. The number of carbonyl (C=O) groups excluding carboxylic acids is 1. The lowest BCUT2D eigenvalue weighted by molar-refractivity contribution is 0.0600. The number of hydrogen-bond donors (Lipinski definition) is 1. The van der Waals surface area contributed by atoms with Crippen molar-refractivity contribution in [3.63, 3.8) is 0 Å². The Hall–Kier alpha value is -1.89. The van der Waals surface area contributed by atoms with Gasteiger partial charge < -0.3 is 9.72 Å². The van der Waals surface area contributed by atoms with Gasteiger partial charge in [-0.25, -0.2) is 9.59 Å². The zero-order valence-corrected chi connectivity index (χ0v) is 11.9. The summed E-state index contributed by atoms with van der Waals surface area (Å²) >= 11 is 3.22. The van der Waals surface area contributed by atoms with Crippen LogP contribution in [0.5, 0.6) is 0 Å². The molecule has 1 N–H and O–H groups in total. The van der Waals surface area contributed by atoms with Gasteiger partial charge in [0.15, 0.2) is 0 Å². The molecule has 0 saturated heterocycles. The summed E-state index contributed by atoms with van der Waals surface area (Å²) in [7, 11) is 1.26. The number of carbonyl (C=O) groups is 1. The van der Waals surface area contributed by atoms with Gasteiger partial charge in [0.1, 0.15) is 0 Å². The number of fused-ring (bicyclic) bond motifs is 1. The average molecular weight is 327 g/mol. The number of methoxy groups -OCH3 is 1. The van der Waals surface area contributed by atoms with Crippen molar-refractivity contribution < 1.29 is 9.53 Å². The van der Waals surface area contributed by atoms with Crippen LogP contribution in [-0.4, -0.2) is 22.6 Å². The number of hydrogen-bond acceptors (Lipinski definition) is 4. The maximum Gasteiger partial charge on any atom is 0.339 e. The third-order valence-electron chi connectivity index (χ3n) is 2.79. The molecule has 100 valence electrons. The Morgan fingerprint density at radius 3 is 2.68 bits per heavy atom. The lowest BCUT2D eigenvalue weighted by Crippen LogP contribution is -2.34. The summed E-state index contributed by atoms with van der Waals surface area (Å²) < 4.78 is 6.16. The van der Waals surface area contributed by atoms with E-state index in [0.29, 0.717) is 15.4 Å². The Morgan fingerprint density at radius 2 is 2.11 bits per heavy atom. The fraction of sp³-hybridized carbons (Fsp3) is 0.250. The summed E-state index contributed by atoms with van der Waals surface area (Å²) in [5, 5.41) is 0.334. The number of nitrogens with zero attached hydrogens (tertiary/aromatic N) is 1. The lowest BCUT2D eigenvalue weighted by atomic mass is 10.1. The number of nitrogens with one attached hydrogen (secondary N) is 1. The number of rotatable bonds is 2. The first-order valence-corrected chi connectivity index (χ1v) is 6.33. The molecule has 2 rings (SSSR count). The summed E-state index contributed by atoms with van der Waals surface area (Å²) in [6.07, 6.45) is 0. The molecule has 0 saturated carbocycles. The Morgan fingerprint density at radius 1 is 1.42 bits per heavy atom. The molecule has 0 fully saturated rings. The van der Waals surface area contributed by atoms with Crippen molar-refractivity contribution >= 4 is 32.8 Å². The van der Waals surface area contributed by atoms with E-state index < -0.39 is 17.2 Å². The standard InChI is InChI=1S/C12H11BrN2O4/c1-3-15-10(16)7-4-8(13)6(11(17)19-2)5-9(7)14-12(15)18/h4-5H,3H2,1-2H3,(H,14,18). The molecule has 0 amide bonds. The van der Waals surface area contributed by atoms with Gasteiger partial charge in [-0.1, -0.05) is 0 Å². The molecule has 0 bridgehead atoms. The average Bonchev–Trinajstić information content (AvgIpc) is 2.39. The van der Waals surface area contributed by atoms with Crippen molar-refractivity contribution in [2.75, 3.05) is 7.11 Å². The SMILES string of the molecule is CCn1c(=O)[nH]c2cc(C(=O)OC)c(Br)cc2c1=O. The summed E-state index contributed by atoms with van der Waals surface area (Å²) in [5.41, 5.74) is -0.334. The molecule has 0 spiro atoms. The van der Waals surface area contributed by atoms with Crippen molar-refractivity contribution in [1.29, 1.82) is 0 Å². The Balaban J connectivity index is 2.87. The minimum absolute atomic E-state index is 0.249. The molecule has 1 aromatic heterocycles. The second-order valence-corrected chi connectivity index (χ2v) is 4.70. The first kappa shape index (κ1) is 13.5. The van der Waals surface area contributed by atoms with Crippen molar-refractivity contribution in [1.82, 2.24) is 9.55 Å². The molecular formula is C12H11BrN2O4. The van der Waals surface area contributed by atoms with Crippen LogP contribution < -0.4 is 11.2 Å². The smallest absolute Gasteiger partial charge is 0.339 e. The highest BCUT2D eigenvalue weighted by Crippen LogP contribution is 2.21. The van der Waals surface area contributed by atoms with Crippen molar-refractivity contribution in [2.45, 2.75) is 13.5 Å². The molecule has 19 heavy (non-hydrogen) atoms. The predicted molar refractivity (Wildman–Crippen MR) is 73.5 cm³/mol. The zero-order valence-electron chi connectivity index (χ0n) is 10.3. The quantitative estimate of drug-likeness (QED) is 0.842. The number of benzene rings is 1. The highest BCUT2D eigenvalue weighted by molar-refractivity contribution is 9.10. The monoisotopic (exact) mass is 326 g/mol. The molecule has 2 aromatic rings. The van der Waals surface area contributed by atoms with Crippen LogP contribution in [0.25, 0.3) is 10.9 Å². The van der Waals surface area contributed by atoms with E-state index in [9.17, 15) is 14.4 Å². The van der Waals surface area contributed by atoms with Gasteiger partial charge in [-0.3, -0.25) is 9.36 Å². The molecule has 6 nitrogen and oxygen atoms in total. The minimum Gasteiger partial charge on any atom is -0.465 e. The topological polar surface area (TPSA) is 81.2 Å². The molecule has 0 aliphatic heterocycles. The van der Waals surface area contributed by atoms with Gasteiger partial charge >= 0.3 is 11.7 Å². The lowest BCUT2D eigenvalue weighted by Gasteiger charge is -2.07. The summed E-state index contributed by atoms with van der Waals surface area (Å²) in [5.74, 6) is -0.547. The maximum absolute atomic E-state index is 12.1. The predicted octanol–water partition coefficient (Wildman–Crippen LogP) is 1.26. The Labute approximate surface area is 116 Å². The molecule has 0 aliphatic rings. The van der Waals surface area contributed by atoms with E-state index in [1.54, 1.807) is 6.92 Å². The first-order chi connectivity index (χ1) is 8.99. The number of H-pyrrole nitrogens is 1. The molecule has 1 aromatic carbocycles. The molecule has 0 aliphatic carbocycles. The molecule has 0 atom stereocenters. The summed E-state index contributed by atoms with van der Waals surface area (Å²) in [6.45, 7) is 1.99. The first-order valence-electron chi connectivity index (χ1n) is 5.54. The maximum atomic E-state index is 12.1. The van der Waals surface area contributed by atoms with E-state index in [-0.39, 0.29) is 12.1 Å². The van der Waals surface area contributed by atoms with Gasteiger partial charge in [-0.15, -0.1) is 0 Å². The second-order valence-electron chi connectivity index (χ2n) is 3.85. The van der Waals surface area contributed by atoms with Crippen LogP contribution in [0.2, 0.25) is 0 Å². The summed E-state index contributed by atoms with van der Waals surface area (Å²) in [6, 6.07) is 2.93. The van der Waals surface area contributed by atoms with E-state index in [0.717, 1.165) is 4.57 Å². The van der Waals surface area contributed by atoms with Crippen molar-refractivity contribution in [2.24, 2.45) is 0 Å². The minimum atomic E-state index is -0.547. The number of halogens is 1. The van der Waals surface area contributed by atoms with Gasteiger partial charge in [0, 0.05) is 11.0 Å². The van der Waals surface area contributed by atoms with Gasteiger partial charge in [-0.05, 0) is 35.0 Å². The normalized spacial score (nSPS) is 10.7. The highest BCUT2D eigenvalue weighted by Gasteiger charge is 2.14. The van der Waals surface area contributed by atoms with E-state index in [4.69, 9.17) is 0 Å². The summed E-state index contributed by atoms with van der Waals surface area (Å²) in [4.78, 5) is 37.9. The third kappa shape index (κ3) is 2.21. The van der Waals surface area contributed by atoms with Crippen molar-refractivity contribution in [3.05, 3.63) is 43.0 Å². The zero-order chi connectivity index (χ0) is 14.2. The number of ether oxygens (including phenoxy) is 1. The van der Waals surface area contributed by atoms with Crippen LogP contribution in [0.4, 0.5) is 0 Å². The Bertz CT molecular complexity index is 776. The largest absolute Gasteiger partial charge is 0.465 e. The van der Waals surface area contributed by atoms with Crippen LogP contribution in [0.1, 0.15) is 17.3 Å².